The number of carbonyl (C=O) groups is 1. The van der Waals surface area contributed by atoms with Gasteiger partial charge in [-0.3, -0.25) is 9.48 Å². The van der Waals surface area contributed by atoms with Gasteiger partial charge in [-0.25, -0.2) is 0 Å². The molecule has 0 unspecified atom stereocenters. The van der Waals surface area contributed by atoms with Crippen molar-refractivity contribution in [2.75, 3.05) is 26.4 Å². The number of benzene rings is 1. The molecule has 0 spiro atoms. The highest BCUT2D eigenvalue weighted by Crippen LogP contribution is 2.35. The number of amides is 1. The van der Waals surface area contributed by atoms with Crippen LogP contribution >= 0.6 is 11.6 Å². The summed E-state index contributed by atoms with van der Waals surface area (Å²) in [6, 6.07) is 8.20. The van der Waals surface area contributed by atoms with E-state index in [9.17, 15) is 4.79 Å². The van der Waals surface area contributed by atoms with E-state index in [-0.39, 0.29) is 11.3 Å². The van der Waals surface area contributed by atoms with Crippen molar-refractivity contribution in [3.8, 4) is 5.75 Å². The van der Waals surface area contributed by atoms with Gasteiger partial charge in [0.15, 0.2) is 0 Å². The van der Waals surface area contributed by atoms with Crippen LogP contribution in [-0.4, -0.2) is 42.1 Å². The number of ether oxygens (including phenoxy) is 2. The maximum Gasteiger partial charge on any atom is 0.244 e. The molecular weight excluding hydrogens is 426 g/mol. The first-order valence-corrected chi connectivity index (χ1v) is 11.7. The van der Waals surface area contributed by atoms with Crippen molar-refractivity contribution in [3.63, 3.8) is 0 Å². The van der Waals surface area contributed by atoms with E-state index in [1.54, 1.807) is 16.8 Å². The monoisotopic (exact) mass is 459 g/mol. The maximum atomic E-state index is 12.7. The number of aryl methyl sites for hydroxylation is 1. The van der Waals surface area contributed by atoms with Gasteiger partial charge in [-0.1, -0.05) is 37.6 Å². The summed E-state index contributed by atoms with van der Waals surface area (Å²) >= 11 is 6.49. The van der Waals surface area contributed by atoms with Gasteiger partial charge in [0.1, 0.15) is 10.9 Å². The zero-order valence-corrected chi connectivity index (χ0v) is 20.2. The molecule has 1 aromatic carbocycles. The van der Waals surface area contributed by atoms with Gasteiger partial charge in [-0.15, -0.1) is 0 Å². The molecule has 3 rings (SSSR count). The van der Waals surface area contributed by atoms with Gasteiger partial charge >= 0.3 is 0 Å². The van der Waals surface area contributed by atoms with Crippen LogP contribution in [0.25, 0.3) is 6.08 Å². The highest BCUT2D eigenvalue weighted by Gasteiger charge is 2.34. The lowest BCUT2D eigenvalue weighted by Crippen LogP contribution is -2.44. The van der Waals surface area contributed by atoms with Crippen LogP contribution in [0.3, 0.4) is 0 Å². The Balaban J connectivity index is 1.69. The second-order valence-electron chi connectivity index (χ2n) is 8.77. The van der Waals surface area contributed by atoms with Crippen LogP contribution in [0.5, 0.6) is 5.75 Å². The molecule has 1 amide bonds. The van der Waals surface area contributed by atoms with E-state index in [2.05, 4.69) is 36.4 Å². The molecule has 0 atom stereocenters. The molecule has 2 heterocycles. The zero-order chi connectivity index (χ0) is 23.1. The summed E-state index contributed by atoms with van der Waals surface area (Å²) in [5, 5.41) is 8.16. The molecule has 1 aromatic heterocycles. The van der Waals surface area contributed by atoms with Crippen LogP contribution in [0.2, 0.25) is 5.15 Å². The minimum absolute atomic E-state index is 0.145. The lowest BCUT2D eigenvalue weighted by Gasteiger charge is -2.38. The summed E-state index contributed by atoms with van der Waals surface area (Å²) in [7, 11) is 0. The Morgan fingerprint density at radius 3 is 2.62 bits per heavy atom. The molecule has 0 aliphatic carbocycles. The maximum absolute atomic E-state index is 12.7. The molecule has 0 bridgehead atoms. The average Bonchev–Trinajstić information content (AvgIpc) is 3.04. The van der Waals surface area contributed by atoms with Crippen LogP contribution < -0.4 is 10.1 Å². The molecular formula is C25H34ClN3O3. The van der Waals surface area contributed by atoms with Crippen molar-refractivity contribution in [1.29, 1.82) is 0 Å². The minimum Gasteiger partial charge on any atom is -0.494 e. The third-order valence-corrected chi connectivity index (χ3v) is 6.28. The third kappa shape index (κ3) is 5.93. The number of hydrogen-bond acceptors (Lipinski definition) is 4. The first-order valence-electron chi connectivity index (χ1n) is 11.3. The molecule has 6 nitrogen and oxygen atoms in total. The first-order chi connectivity index (χ1) is 15.3. The van der Waals surface area contributed by atoms with E-state index >= 15 is 0 Å². The lowest BCUT2D eigenvalue weighted by atomic mass is 9.74. The molecule has 174 valence electrons. The fourth-order valence-corrected chi connectivity index (χ4v) is 4.41. The lowest BCUT2D eigenvalue weighted by molar-refractivity contribution is -0.116. The summed E-state index contributed by atoms with van der Waals surface area (Å²) in [6.45, 7) is 11.4. The number of rotatable bonds is 9. The second-order valence-corrected chi connectivity index (χ2v) is 9.13. The number of aromatic nitrogens is 2. The number of hydrogen-bond donors (Lipinski definition) is 1. The Bertz CT molecular complexity index is 929. The standard InChI is InChI=1S/C25H34ClN3O3/c1-5-32-21-8-6-20(7-9-21)25(12-14-31-15-13-25)17-27-23(30)11-10-22-19(4)28-29(24(22)26)16-18(2)3/h6-11,18H,5,12-17H2,1-4H3,(H,27,30)/b11-10+. The van der Waals surface area contributed by atoms with Crippen molar-refractivity contribution >= 4 is 23.6 Å². The number of nitrogens with one attached hydrogen (secondary N) is 1. The molecule has 0 radical (unpaired) electrons. The Morgan fingerprint density at radius 1 is 1.31 bits per heavy atom. The van der Waals surface area contributed by atoms with Gasteiger partial charge in [0.2, 0.25) is 5.91 Å². The van der Waals surface area contributed by atoms with E-state index < -0.39 is 0 Å². The molecule has 1 fully saturated rings. The highest BCUT2D eigenvalue weighted by atomic mass is 35.5. The van der Waals surface area contributed by atoms with E-state index in [0.717, 1.165) is 36.4 Å². The molecule has 7 heteroatoms. The zero-order valence-electron chi connectivity index (χ0n) is 19.5. The first kappa shape index (κ1) is 24.3. The second kappa shape index (κ2) is 11.0. The predicted molar refractivity (Wildman–Crippen MR) is 128 cm³/mol. The van der Waals surface area contributed by atoms with Crippen LogP contribution in [-0.2, 0) is 21.5 Å². The largest absolute Gasteiger partial charge is 0.494 e. The SMILES string of the molecule is CCOc1ccc(C2(CNC(=O)/C=C/c3c(C)nn(CC(C)C)c3Cl)CCOCC2)cc1. The third-order valence-electron chi connectivity index (χ3n) is 5.88. The molecule has 0 saturated carbocycles. The number of carbonyl (C=O) groups excluding carboxylic acids is 1. The summed E-state index contributed by atoms with van der Waals surface area (Å²) < 4.78 is 13.0. The van der Waals surface area contributed by atoms with Gasteiger partial charge in [-0.2, -0.15) is 5.10 Å². The Kier molecular flexibility index (Phi) is 8.38. The molecule has 32 heavy (non-hydrogen) atoms. The molecule has 1 N–H and O–H groups in total. The van der Waals surface area contributed by atoms with Crippen LogP contribution in [0.15, 0.2) is 30.3 Å². The van der Waals surface area contributed by atoms with E-state index in [1.807, 2.05) is 26.0 Å². The Morgan fingerprint density at radius 2 is 2.00 bits per heavy atom. The molecule has 2 aromatic rings. The van der Waals surface area contributed by atoms with Crippen LogP contribution in [0, 0.1) is 12.8 Å². The molecule has 1 aliphatic rings. The van der Waals surface area contributed by atoms with Crippen molar-refractivity contribution in [2.24, 2.45) is 5.92 Å². The summed E-state index contributed by atoms with van der Waals surface area (Å²) in [4.78, 5) is 12.7. The predicted octanol–water partition coefficient (Wildman–Crippen LogP) is 4.78. The molecule has 1 saturated heterocycles. The van der Waals surface area contributed by atoms with Gasteiger partial charge in [-0.05, 0) is 56.4 Å². The summed E-state index contributed by atoms with van der Waals surface area (Å²) in [5.74, 6) is 1.15. The van der Waals surface area contributed by atoms with Crippen molar-refractivity contribution in [1.82, 2.24) is 15.1 Å². The van der Waals surface area contributed by atoms with Gasteiger partial charge in [0, 0.05) is 43.4 Å². The quantitative estimate of drug-likeness (QED) is 0.548. The van der Waals surface area contributed by atoms with Crippen LogP contribution in [0.4, 0.5) is 0 Å². The van der Waals surface area contributed by atoms with Gasteiger partial charge in [0.05, 0.1) is 12.3 Å². The average molecular weight is 460 g/mol. The Labute approximate surface area is 195 Å². The number of nitrogens with zero attached hydrogens (tertiary/aromatic N) is 2. The normalized spacial score (nSPS) is 15.9. The highest BCUT2D eigenvalue weighted by molar-refractivity contribution is 6.31. The van der Waals surface area contributed by atoms with Crippen molar-refractivity contribution in [3.05, 3.63) is 52.3 Å². The van der Waals surface area contributed by atoms with Gasteiger partial charge in [0.25, 0.3) is 0 Å². The van der Waals surface area contributed by atoms with Crippen molar-refractivity contribution < 1.29 is 14.3 Å². The van der Waals surface area contributed by atoms with E-state index in [4.69, 9.17) is 21.1 Å². The van der Waals surface area contributed by atoms with Crippen LogP contribution in [0.1, 0.15) is 50.4 Å². The Hall–Kier alpha value is -2.31. The summed E-state index contributed by atoms with van der Waals surface area (Å²) in [5.41, 5.74) is 2.65. The van der Waals surface area contributed by atoms with E-state index in [0.29, 0.717) is 37.4 Å². The summed E-state index contributed by atoms with van der Waals surface area (Å²) in [6.07, 6.45) is 5.01. The number of halogens is 1. The topological polar surface area (TPSA) is 65.4 Å². The van der Waals surface area contributed by atoms with Crippen molar-refractivity contribution in [2.45, 2.75) is 52.5 Å². The van der Waals surface area contributed by atoms with Gasteiger partial charge < -0.3 is 14.8 Å². The minimum atomic E-state index is -0.151. The van der Waals surface area contributed by atoms with E-state index in [1.165, 1.54) is 5.56 Å². The molecule has 1 aliphatic heterocycles. The smallest absolute Gasteiger partial charge is 0.244 e. The fraction of sp³-hybridized carbons (Fsp3) is 0.520. The fourth-order valence-electron chi connectivity index (χ4n) is 4.10.